The van der Waals surface area contributed by atoms with Crippen LogP contribution in [0, 0.1) is 0 Å². The Morgan fingerprint density at radius 1 is 1.38 bits per heavy atom. The summed E-state index contributed by atoms with van der Waals surface area (Å²) in [5.74, 6) is -0.241. The fraction of sp³-hybridized carbons (Fsp3) is 0.500. The lowest BCUT2D eigenvalue weighted by molar-refractivity contribution is 0.440. The van der Waals surface area contributed by atoms with Crippen LogP contribution in [0.3, 0.4) is 0 Å². The van der Waals surface area contributed by atoms with E-state index in [0.717, 1.165) is 23.6 Å². The lowest BCUT2D eigenvalue weighted by Gasteiger charge is -2.04. The monoisotopic (exact) mass is 179 g/mol. The number of hydrogen-bond acceptors (Lipinski definition) is 2. The van der Waals surface area contributed by atoms with Gasteiger partial charge < -0.3 is 4.42 Å². The van der Waals surface area contributed by atoms with Gasteiger partial charge in [-0.05, 0) is 32.8 Å². The van der Waals surface area contributed by atoms with E-state index in [1.807, 2.05) is 19.9 Å². The Balaban J connectivity index is 2.85. The average molecular weight is 179 g/mol. The Bertz CT molecular complexity index is 476. The molecule has 0 saturated heterocycles. The predicted molar refractivity (Wildman–Crippen MR) is 50.8 cm³/mol. The summed E-state index contributed by atoms with van der Waals surface area (Å²) in [5.41, 5.74) is 0.741. The zero-order valence-corrected chi connectivity index (χ0v) is 7.91. The molecule has 2 rings (SSSR count). The van der Waals surface area contributed by atoms with E-state index >= 15 is 0 Å². The molecule has 0 radical (unpaired) electrons. The first-order valence-corrected chi connectivity index (χ1v) is 4.62. The van der Waals surface area contributed by atoms with Gasteiger partial charge in [-0.3, -0.25) is 4.57 Å². The molecule has 0 unspecified atom stereocenters. The molecule has 1 aliphatic rings. The van der Waals surface area contributed by atoms with Crippen LogP contribution in [-0.4, -0.2) is 4.57 Å². The molecule has 1 aliphatic carbocycles. The van der Waals surface area contributed by atoms with Gasteiger partial charge in [0.15, 0.2) is 5.42 Å². The van der Waals surface area contributed by atoms with Crippen molar-refractivity contribution in [3.05, 3.63) is 21.3 Å². The van der Waals surface area contributed by atoms with Crippen molar-refractivity contribution in [1.82, 2.24) is 4.57 Å². The van der Waals surface area contributed by atoms with Crippen LogP contribution in [0.25, 0.3) is 12.2 Å². The number of fused-ring (bicyclic) bond motifs is 1. The van der Waals surface area contributed by atoms with Crippen LogP contribution >= 0.6 is 0 Å². The van der Waals surface area contributed by atoms with Gasteiger partial charge in [0.25, 0.3) is 0 Å². The molecule has 70 valence electrons. The zero-order chi connectivity index (χ0) is 9.42. The molecular formula is C10H13NO2. The summed E-state index contributed by atoms with van der Waals surface area (Å²) in [6.45, 7) is 3.97. The van der Waals surface area contributed by atoms with Crippen LogP contribution in [0.4, 0.5) is 0 Å². The minimum absolute atomic E-state index is 0.169. The topological polar surface area (TPSA) is 35.1 Å². The molecule has 0 spiro atoms. The molecule has 0 aliphatic heterocycles. The second-order valence-corrected chi connectivity index (χ2v) is 3.57. The lowest BCUT2D eigenvalue weighted by Crippen LogP contribution is -2.34. The van der Waals surface area contributed by atoms with Crippen molar-refractivity contribution in [3.63, 3.8) is 0 Å². The summed E-state index contributed by atoms with van der Waals surface area (Å²) in [5, 5.41) is 0.950. The Labute approximate surface area is 76.0 Å². The van der Waals surface area contributed by atoms with E-state index in [0.29, 0.717) is 0 Å². The van der Waals surface area contributed by atoms with Crippen molar-refractivity contribution in [3.8, 4) is 0 Å². The van der Waals surface area contributed by atoms with Gasteiger partial charge in [-0.15, -0.1) is 0 Å². The molecule has 0 amide bonds. The van der Waals surface area contributed by atoms with E-state index in [2.05, 4.69) is 6.08 Å². The molecule has 0 N–H and O–H groups in total. The second-order valence-electron chi connectivity index (χ2n) is 3.57. The van der Waals surface area contributed by atoms with Crippen LogP contribution in [0.5, 0.6) is 0 Å². The number of aromatic nitrogens is 1. The lowest BCUT2D eigenvalue weighted by atomic mass is 10.2. The molecule has 0 saturated carbocycles. The largest absolute Gasteiger partial charge is 0.420 e. The Hall–Kier alpha value is -1.25. The summed E-state index contributed by atoms with van der Waals surface area (Å²) in [4.78, 5) is 11.4. The second kappa shape index (κ2) is 2.91. The highest BCUT2D eigenvalue weighted by Gasteiger charge is 2.09. The Kier molecular flexibility index (Phi) is 1.87. The summed E-state index contributed by atoms with van der Waals surface area (Å²) >= 11 is 0. The van der Waals surface area contributed by atoms with E-state index in [-0.39, 0.29) is 11.8 Å². The van der Waals surface area contributed by atoms with Crippen molar-refractivity contribution in [1.29, 1.82) is 0 Å². The summed E-state index contributed by atoms with van der Waals surface area (Å²) < 4.78 is 6.82. The molecule has 0 aromatic carbocycles. The van der Waals surface area contributed by atoms with Crippen molar-refractivity contribution >= 4 is 12.2 Å². The Morgan fingerprint density at radius 3 is 2.77 bits per heavy atom. The van der Waals surface area contributed by atoms with Gasteiger partial charge >= 0.3 is 5.76 Å². The van der Waals surface area contributed by atoms with Crippen molar-refractivity contribution in [2.75, 3.05) is 0 Å². The van der Waals surface area contributed by atoms with E-state index in [1.54, 1.807) is 4.57 Å². The molecule has 1 heterocycles. The van der Waals surface area contributed by atoms with Crippen LogP contribution in [0.2, 0.25) is 0 Å². The van der Waals surface area contributed by atoms with E-state index < -0.39 is 0 Å². The average Bonchev–Trinajstić information content (AvgIpc) is 2.39. The molecule has 13 heavy (non-hydrogen) atoms. The molecule has 1 aromatic rings. The first kappa shape index (κ1) is 8.35. The number of oxazole rings is 1. The predicted octanol–water partition coefficient (Wildman–Crippen LogP) is 0.377. The quantitative estimate of drug-likeness (QED) is 0.624. The van der Waals surface area contributed by atoms with Gasteiger partial charge in [0, 0.05) is 6.04 Å². The molecule has 3 nitrogen and oxygen atoms in total. The smallest absolute Gasteiger partial charge is 0.408 e. The third kappa shape index (κ3) is 1.24. The van der Waals surface area contributed by atoms with Gasteiger partial charge in [-0.2, -0.15) is 0 Å². The van der Waals surface area contributed by atoms with Crippen molar-refractivity contribution in [2.24, 2.45) is 0 Å². The highest BCUT2D eigenvalue weighted by Crippen LogP contribution is 1.98. The fourth-order valence-corrected chi connectivity index (χ4v) is 1.68. The minimum atomic E-state index is -0.241. The normalized spacial score (nSPS) is 15.0. The molecule has 0 bridgehead atoms. The zero-order valence-electron chi connectivity index (χ0n) is 7.91. The number of nitrogens with zero attached hydrogens (tertiary/aromatic N) is 1. The first-order valence-electron chi connectivity index (χ1n) is 4.62. The van der Waals surface area contributed by atoms with Crippen LogP contribution in [-0.2, 0) is 0 Å². The van der Waals surface area contributed by atoms with Crippen molar-refractivity contribution < 1.29 is 4.42 Å². The molecular weight excluding hydrogens is 166 g/mol. The van der Waals surface area contributed by atoms with Crippen LogP contribution in [0.1, 0.15) is 32.7 Å². The number of hydrogen-bond donors (Lipinski definition) is 0. The fourth-order valence-electron chi connectivity index (χ4n) is 1.68. The minimum Gasteiger partial charge on any atom is -0.408 e. The van der Waals surface area contributed by atoms with Gasteiger partial charge in [-0.25, -0.2) is 4.79 Å². The maximum atomic E-state index is 11.4. The van der Waals surface area contributed by atoms with E-state index in [4.69, 9.17) is 4.42 Å². The van der Waals surface area contributed by atoms with Crippen LogP contribution in [0.15, 0.2) is 9.21 Å². The molecule has 3 heteroatoms. The summed E-state index contributed by atoms with van der Waals surface area (Å²) in [6, 6.07) is 0.169. The van der Waals surface area contributed by atoms with Gasteiger partial charge in [-0.1, -0.05) is 6.08 Å². The first-order chi connectivity index (χ1) is 6.20. The molecule has 1 aromatic heterocycles. The standard InChI is InChI=1S/C10H13NO2/c1-7(2)11-8-5-3-4-6-9(8)13-10(11)12/h5-7H,3-4H2,1-2H3. The van der Waals surface area contributed by atoms with Gasteiger partial charge in [0.1, 0.15) is 0 Å². The summed E-state index contributed by atoms with van der Waals surface area (Å²) in [7, 11) is 0. The summed E-state index contributed by atoms with van der Waals surface area (Å²) in [6.07, 6.45) is 6.02. The maximum Gasteiger partial charge on any atom is 0.420 e. The van der Waals surface area contributed by atoms with Crippen molar-refractivity contribution in [2.45, 2.75) is 32.7 Å². The number of rotatable bonds is 1. The highest BCUT2D eigenvalue weighted by atomic mass is 16.4. The Morgan fingerprint density at radius 2 is 2.08 bits per heavy atom. The SMILES string of the molecule is CC(C)n1c(=O)oc2c1=CCCC=2. The third-order valence-corrected chi connectivity index (χ3v) is 2.26. The van der Waals surface area contributed by atoms with Gasteiger partial charge in [0.05, 0.1) is 5.35 Å². The maximum absolute atomic E-state index is 11.4. The van der Waals surface area contributed by atoms with Gasteiger partial charge in [0.2, 0.25) is 0 Å². The molecule has 0 atom stereocenters. The van der Waals surface area contributed by atoms with E-state index in [9.17, 15) is 4.79 Å². The van der Waals surface area contributed by atoms with E-state index in [1.165, 1.54) is 0 Å². The highest BCUT2D eigenvalue weighted by molar-refractivity contribution is 5.32. The third-order valence-electron chi connectivity index (χ3n) is 2.26. The van der Waals surface area contributed by atoms with Crippen LogP contribution < -0.4 is 16.5 Å². The molecule has 0 fully saturated rings.